The minimum absolute atomic E-state index is 0. The van der Waals surface area contributed by atoms with Gasteiger partial charge in [0, 0.05) is 19.1 Å². The zero-order chi connectivity index (χ0) is 13.8. The Bertz CT molecular complexity index is 223. The zero-order valence-electron chi connectivity index (χ0n) is 13.2. The van der Waals surface area contributed by atoms with Crippen LogP contribution in [0.15, 0.2) is 4.99 Å². The molecule has 19 heavy (non-hydrogen) atoms. The van der Waals surface area contributed by atoms with Gasteiger partial charge in [-0.15, -0.1) is 24.0 Å². The molecule has 0 heterocycles. The van der Waals surface area contributed by atoms with E-state index in [1.807, 2.05) is 11.8 Å². The smallest absolute Gasteiger partial charge is 0.191 e. The van der Waals surface area contributed by atoms with E-state index in [1.165, 1.54) is 18.6 Å². The number of halogens is 1. The fourth-order valence-corrected chi connectivity index (χ4v) is 2.03. The Balaban J connectivity index is 0. The van der Waals surface area contributed by atoms with Crippen LogP contribution < -0.4 is 10.6 Å². The summed E-state index contributed by atoms with van der Waals surface area (Å²) < 4.78 is 0. The van der Waals surface area contributed by atoms with E-state index >= 15 is 0 Å². The van der Waals surface area contributed by atoms with Crippen LogP contribution in [-0.4, -0.2) is 37.1 Å². The van der Waals surface area contributed by atoms with Crippen LogP contribution in [0.25, 0.3) is 0 Å². The minimum atomic E-state index is 0. The van der Waals surface area contributed by atoms with Gasteiger partial charge in [0.05, 0.1) is 0 Å². The lowest BCUT2D eigenvalue weighted by Crippen LogP contribution is -2.42. The summed E-state index contributed by atoms with van der Waals surface area (Å²) in [4.78, 5) is 4.60. The Kier molecular flexibility index (Phi) is 16.8. The molecular formula is C14H32IN3S. The van der Waals surface area contributed by atoms with Gasteiger partial charge in [-0.25, -0.2) is 0 Å². The van der Waals surface area contributed by atoms with E-state index in [1.54, 1.807) is 0 Å². The van der Waals surface area contributed by atoms with Gasteiger partial charge in [0.15, 0.2) is 5.96 Å². The molecule has 0 bridgehead atoms. The third-order valence-electron chi connectivity index (χ3n) is 2.68. The molecule has 0 aliphatic rings. The summed E-state index contributed by atoms with van der Waals surface area (Å²) in [6.45, 7) is 10.7. The van der Waals surface area contributed by atoms with Crippen LogP contribution in [-0.2, 0) is 0 Å². The lowest BCUT2D eigenvalue weighted by molar-refractivity contribution is 0.489. The van der Waals surface area contributed by atoms with Crippen LogP contribution in [0.2, 0.25) is 0 Å². The summed E-state index contributed by atoms with van der Waals surface area (Å²) in [5, 5.41) is 6.79. The molecule has 0 saturated carbocycles. The number of nitrogens with one attached hydrogen (secondary N) is 2. The highest BCUT2D eigenvalue weighted by molar-refractivity contribution is 14.0. The highest BCUT2D eigenvalue weighted by Gasteiger charge is 2.05. The summed E-state index contributed by atoms with van der Waals surface area (Å²) >= 11 is 1.88. The van der Waals surface area contributed by atoms with Crippen molar-refractivity contribution >= 4 is 41.7 Å². The lowest BCUT2D eigenvalue weighted by atomic mass is 10.0. The quantitative estimate of drug-likeness (QED) is 0.268. The molecule has 0 aromatic heterocycles. The normalized spacial score (nSPS) is 13.1. The van der Waals surface area contributed by atoms with Crippen LogP contribution >= 0.6 is 35.7 Å². The second-order valence-electron chi connectivity index (χ2n) is 5.12. The van der Waals surface area contributed by atoms with Gasteiger partial charge in [-0.2, -0.15) is 11.8 Å². The Hall–Kier alpha value is 0.350. The Labute approximate surface area is 141 Å². The number of nitrogens with zero attached hydrogens (tertiary/aromatic N) is 1. The molecule has 0 saturated heterocycles. The van der Waals surface area contributed by atoms with E-state index in [4.69, 9.17) is 0 Å². The van der Waals surface area contributed by atoms with Gasteiger partial charge >= 0.3 is 0 Å². The van der Waals surface area contributed by atoms with Crippen molar-refractivity contribution in [3.05, 3.63) is 0 Å². The second-order valence-corrected chi connectivity index (χ2v) is 6.11. The number of hydrogen-bond acceptors (Lipinski definition) is 2. The van der Waals surface area contributed by atoms with E-state index in [0.717, 1.165) is 31.4 Å². The molecule has 0 fully saturated rings. The number of guanidine groups is 1. The lowest BCUT2D eigenvalue weighted by Gasteiger charge is -2.18. The van der Waals surface area contributed by atoms with Crippen LogP contribution in [0.4, 0.5) is 0 Å². The predicted octanol–water partition coefficient (Wildman–Crippen LogP) is 3.74. The predicted molar refractivity (Wildman–Crippen MR) is 101 cm³/mol. The molecule has 0 aromatic carbocycles. The first-order chi connectivity index (χ1) is 8.60. The number of hydrogen-bond donors (Lipinski definition) is 2. The first-order valence-corrected chi connectivity index (χ1v) is 8.53. The van der Waals surface area contributed by atoms with Gasteiger partial charge in [0.1, 0.15) is 0 Å². The maximum Gasteiger partial charge on any atom is 0.191 e. The number of thioether (sulfide) groups is 1. The Morgan fingerprint density at radius 2 is 1.89 bits per heavy atom. The maximum atomic E-state index is 4.60. The van der Waals surface area contributed by atoms with Crippen molar-refractivity contribution in [3.8, 4) is 0 Å². The molecule has 0 aliphatic heterocycles. The molecule has 1 unspecified atom stereocenters. The Morgan fingerprint density at radius 3 is 2.42 bits per heavy atom. The van der Waals surface area contributed by atoms with Gasteiger partial charge in [-0.3, -0.25) is 4.99 Å². The topological polar surface area (TPSA) is 36.4 Å². The molecule has 5 heteroatoms. The summed E-state index contributed by atoms with van der Waals surface area (Å²) in [5.41, 5.74) is 0. The number of aliphatic imine (C=N–C) groups is 1. The van der Waals surface area contributed by atoms with Crippen molar-refractivity contribution in [2.75, 3.05) is 25.1 Å². The van der Waals surface area contributed by atoms with Gasteiger partial charge in [0.2, 0.25) is 0 Å². The third-order valence-corrected chi connectivity index (χ3v) is 3.38. The van der Waals surface area contributed by atoms with E-state index < -0.39 is 0 Å². The standard InChI is InChI=1S/C14H31N3S.HI/c1-6-15-14(16-10-7-11-18-5)17-13(4)9-8-12(2)3;/h12-13H,6-11H2,1-5H3,(H2,15,16,17);1H. The monoisotopic (exact) mass is 401 g/mol. The third kappa shape index (κ3) is 14.6. The van der Waals surface area contributed by atoms with E-state index in [2.05, 4.69) is 49.6 Å². The summed E-state index contributed by atoms with van der Waals surface area (Å²) in [5.74, 6) is 2.93. The molecule has 0 rings (SSSR count). The van der Waals surface area contributed by atoms with Crippen molar-refractivity contribution in [2.45, 2.75) is 53.0 Å². The van der Waals surface area contributed by atoms with Gasteiger partial charge in [-0.1, -0.05) is 13.8 Å². The van der Waals surface area contributed by atoms with Crippen LogP contribution in [0.5, 0.6) is 0 Å². The molecule has 0 amide bonds. The van der Waals surface area contributed by atoms with Gasteiger partial charge in [-0.05, 0) is 51.0 Å². The maximum absolute atomic E-state index is 4.60. The summed E-state index contributed by atoms with van der Waals surface area (Å²) in [6.07, 6.45) is 5.76. The highest BCUT2D eigenvalue weighted by atomic mass is 127. The second kappa shape index (κ2) is 14.8. The highest BCUT2D eigenvalue weighted by Crippen LogP contribution is 2.06. The molecule has 0 aliphatic carbocycles. The largest absolute Gasteiger partial charge is 0.357 e. The molecule has 0 radical (unpaired) electrons. The average Bonchev–Trinajstić information content (AvgIpc) is 2.32. The SMILES string of the molecule is CCNC(=NCCCSC)NC(C)CCC(C)C.I. The fourth-order valence-electron chi connectivity index (χ4n) is 1.61. The fraction of sp³-hybridized carbons (Fsp3) is 0.929. The van der Waals surface area contributed by atoms with Gasteiger partial charge in [0.25, 0.3) is 0 Å². The molecule has 116 valence electrons. The van der Waals surface area contributed by atoms with Crippen LogP contribution in [0.1, 0.15) is 47.0 Å². The van der Waals surface area contributed by atoms with Crippen LogP contribution in [0.3, 0.4) is 0 Å². The van der Waals surface area contributed by atoms with Gasteiger partial charge < -0.3 is 10.6 Å². The number of rotatable bonds is 9. The Morgan fingerprint density at radius 1 is 1.21 bits per heavy atom. The zero-order valence-corrected chi connectivity index (χ0v) is 16.3. The molecule has 0 spiro atoms. The molecule has 3 nitrogen and oxygen atoms in total. The molecule has 1 atom stereocenters. The average molecular weight is 401 g/mol. The molecule has 2 N–H and O–H groups in total. The van der Waals surface area contributed by atoms with Crippen molar-refractivity contribution in [1.82, 2.24) is 10.6 Å². The van der Waals surface area contributed by atoms with Crippen molar-refractivity contribution in [3.63, 3.8) is 0 Å². The summed E-state index contributed by atoms with van der Waals surface area (Å²) in [6, 6.07) is 0.491. The minimum Gasteiger partial charge on any atom is -0.357 e. The van der Waals surface area contributed by atoms with E-state index in [-0.39, 0.29) is 24.0 Å². The first kappa shape index (κ1) is 21.6. The van der Waals surface area contributed by atoms with Crippen LogP contribution in [0, 0.1) is 5.92 Å². The van der Waals surface area contributed by atoms with Crippen molar-refractivity contribution in [1.29, 1.82) is 0 Å². The summed E-state index contributed by atoms with van der Waals surface area (Å²) in [7, 11) is 0. The van der Waals surface area contributed by atoms with Crippen molar-refractivity contribution in [2.24, 2.45) is 10.9 Å². The first-order valence-electron chi connectivity index (χ1n) is 7.13. The molecule has 0 aromatic rings. The van der Waals surface area contributed by atoms with Crippen molar-refractivity contribution < 1.29 is 0 Å². The van der Waals surface area contributed by atoms with E-state index in [9.17, 15) is 0 Å². The molecular weight excluding hydrogens is 369 g/mol. The van der Waals surface area contributed by atoms with E-state index in [0.29, 0.717) is 6.04 Å².